The van der Waals surface area contributed by atoms with Gasteiger partial charge < -0.3 is 9.13 Å². The first-order valence-electron chi connectivity index (χ1n) is 6.29. The largest absolute Gasteiger partial charge is 0.324 e. The van der Waals surface area contributed by atoms with E-state index in [-0.39, 0.29) is 0 Å². The summed E-state index contributed by atoms with van der Waals surface area (Å²) in [4.78, 5) is 17.6. The van der Waals surface area contributed by atoms with Gasteiger partial charge in [0, 0.05) is 26.5 Å². The summed E-state index contributed by atoms with van der Waals surface area (Å²) in [6.45, 7) is 0. The van der Waals surface area contributed by atoms with Gasteiger partial charge in [0.25, 0.3) is 0 Å². The highest BCUT2D eigenvalue weighted by Gasteiger charge is 2.16. The van der Waals surface area contributed by atoms with Crippen LogP contribution in [0.4, 0.5) is 0 Å². The van der Waals surface area contributed by atoms with Crippen LogP contribution >= 0.6 is 0 Å². The van der Waals surface area contributed by atoms with Crippen LogP contribution in [0.1, 0.15) is 0 Å². The van der Waals surface area contributed by atoms with Crippen LogP contribution in [-0.4, -0.2) is 29.1 Å². The van der Waals surface area contributed by atoms with Gasteiger partial charge >= 0.3 is 0 Å². The Balaban J connectivity index is 2.06. The lowest BCUT2D eigenvalue weighted by molar-refractivity contribution is 0.889. The average molecular weight is 264 g/mol. The van der Waals surface area contributed by atoms with Crippen LogP contribution in [0.5, 0.6) is 0 Å². The average Bonchev–Trinajstić information content (AvgIpc) is 2.98. The van der Waals surface area contributed by atoms with Crippen LogP contribution in [0, 0.1) is 0 Å². The summed E-state index contributed by atoms with van der Waals surface area (Å²) in [5.41, 5.74) is 3.82. The molecule has 6 nitrogen and oxygen atoms in total. The van der Waals surface area contributed by atoms with Crippen molar-refractivity contribution in [3.8, 4) is 11.6 Å². The number of aryl methyl sites for hydroxylation is 2. The molecule has 4 rings (SSSR count). The third-order valence-electron chi connectivity index (χ3n) is 3.57. The lowest BCUT2D eigenvalue weighted by Crippen LogP contribution is -1.99. The SMILES string of the molecule is Cn1c(-c2nc3ccncc3n2C)nc2cnccc21. The van der Waals surface area contributed by atoms with E-state index in [0.29, 0.717) is 0 Å². The Morgan fingerprint density at radius 1 is 0.750 bits per heavy atom. The number of fused-ring (bicyclic) bond motifs is 2. The van der Waals surface area contributed by atoms with Crippen LogP contribution < -0.4 is 0 Å². The highest BCUT2D eigenvalue weighted by Crippen LogP contribution is 2.25. The molecule has 0 fully saturated rings. The van der Waals surface area contributed by atoms with Gasteiger partial charge in [-0.05, 0) is 12.1 Å². The Morgan fingerprint density at radius 2 is 1.40 bits per heavy atom. The first-order valence-corrected chi connectivity index (χ1v) is 6.29. The number of imidazole rings is 2. The maximum atomic E-state index is 4.66. The summed E-state index contributed by atoms with van der Waals surface area (Å²) in [5, 5.41) is 0. The van der Waals surface area contributed by atoms with Gasteiger partial charge in [0.15, 0.2) is 11.6 Å². The van der Waals surface area contributed by atoms with E-state index in [9.17, 15) is 0 Å². The summed E-state index contributed by atoms with van der Waals surface area (Å²) >= 11 is 0. The van der Waals surface area contributed by atoms with Crippen molar-refractivity contribution in [1.29, 1.82) is 0 Å². The van der Waals surface area contributed by atoms with E-state index in [1.807, 2.05) is 41.6 Å². The van der Waals surface area contributed by atoms with E-state index < -0.39 is 0 Å². The summed E-state index contributed by atoms with van der Waals surface area (Å²) < 4.78 is 4.04. The van der Waals surface area contributed by atoms with E-state index in [1.165, 1.54) is 0 Å². The summed E-state index contributed by atoms with van der Waals surface area (Å²) in [5.74, 6) is 1.65. The van der Waals surface area contributed by atoms with Gasteiger partial charge in [-0.25, -0.2) is 9.97 Å². The molecule has 0 spiro atoms. The molecule has 20 heavy (non-hydrogen) atoms. The van der Waals surface area contributed by atoms with E-state index in [4.69, 9.17) is 0 Å². The second kappa shape index (κ2) is 3.86. The molecule has 0 radical (unpaired) electrons. The summed E-state index contributed by atoms with van der Waals surface area (Å²) in [6, 6.07) is 3.86. The molecule has 0 saturated heterocycles. The third-order valence-corrected chi connectivity index (χ3v) is 3.57. The standard InChI is InChI=1S/C14H12N6/c1-19-11-4-6-15-7-10(11)18-14(19)13-17-9-3-5-16-8-12(9)20(13)2/h3-8H,1-2H3. The van der Waals surface area contributed by atoms with Crippen LogP contribution in [0.25, 0.3) is 33.7 Å². The van der Waals surface area contributed by atoms with Crippen molar-refractivity contribution < 1.29 is 0 Å². The fourth-order valence-electron chi connectivity index (χ4n) is 2.49. The highest BCUT2D eigenvalue weighted by atomic mass is 15.2. The Labute approximate surface area is 114 Å². The van der Waals surface area contributed by atoms with Crippen molar-refractivity contribution in [1.82, 2.24) is 29.1 Å². The molecule has 4 aromatic rings. The van der Waals surface area contributed by atoms with Gasteiger partial charge in [-0.2, -0.15) is 0 Å². The van der Waals surface area contributed by atoms with Crippen LogP contribution in [0.15, 0.2) is 36.9 Å². The molecule has 0 aliphatic rings. The Bertz CT molecular complexity index is 855. The minimum absolute atomic E-state index is 0.826. The van der Waals surface area contributed by atoms with Gasteiger partial charge in [0.05, 0.1) is 28.9 Å². The van der Waals surface area contributed by atoms with E-state index >= 15 is 0 Å². The number of hydrogen-bond acceptors (Lipinski definition) is 4. The second-order valence-corrected chi connectivity index (χ2v) is 4.72. The van der Waals surface area contributed by atoms with Crippen molar-refractivity contribution in [3.63, 3.8) is 0 Å². The molecule has 6 heteroatoms. The van der Waals surface area contributed by atoms with E-state index in [2.05, 4.69) is 19.9 Å². The van der Waals surface area contributed by atoms with E-state index in [0.717, 1.165) is 33.7 Å². The molecule has 0 bridgehead atoms. The predicted octanol–water partition coefficient (Wildman–Crippen LogP) is 1.92. The van der Waals surface area contributed by atoms with Gasteiger partial charge in [-0.3, -0.25) is 9.97 Å². The zero-order valence-electron chi connectivity index (χ0n) is 11.1. The van der Waals surface area contributed by atoms with Crippen molar-refractivity contribution in [3.05, 3.63) is 36.9 Å². The zero-order chi connectivity index (χ0) is 13.7. The number of rotatable bonds is 1. The van der Waals surface area contributed by atoms with Gasteiger partial charge in [-0.1, -0.05) is 0 Å². The molecule has 98 valence electrons. The van der Waals surface area contributed by atoms with Crippen LogP contribution in [0.3, 0.4) is 0 Å². The smallest absolute Gasteiger partial charge is 0.177 e. The lowest BCUT2D eigenvalue weighted by Gasteiger charge is -2.02. The minimum atomic E-state index is 0.826. The lowest BCUT2D eigenvalue weighted by atomic mass is 10.4. The number of nitrogens with zero attached hydrogens (tertiary/aromatic N) is 6. The number of pyridine rings is 2. The normalized spacial score (nSPS) is 11.5. The van der Waals surface area contributed by atoms with E-state index in [1.54, 1.807) is 18.6 Å². The molecule has 0 atom stereocenters. The highest BCUT2D eigenvalue weighted by molar-refractivity contribution is 5.82. The maximum absolute atomic E-state index is 4.66. The zero-order valence-corrected chi connectivity index (χ0v) is 11.1. The van der Waals surface area contributed by atoms with Crippen molar-refractivity contribution in [2.24, 2.45) is 14.1 Å². The molecule has 0 amide bonds. The number of aromatic nitrogens is 6. The Hall–Kier alpha value is -2.76. The molecule has 0 aliphatic heterocycles. The van der Waals surface area contributed by atoms with Gasteiger partial charge in [-0.15, -0.1) is 0 Å². The van der Waals surface area contributed by atoms with Crippen LogP contribution in [-0.2, 0) is 14.1 Å². The fourth-order valence-corrected chi connectivity index (χ4v) is 2.49. The molecule has 4 heterocycles. The topological polar surface area (TPSA) is 61.4 Å². The van der Waals surface area contributed by atoms with Crippen molar-refractivity contribution in [2.45, 2.75) is 0 Å². The van der Waals surface area contributed by atoms with Crippen molar-refractivity contribution in [2.75, 3.05) is 0 Å². The molecule has 0 aromatic carbocycles. The quantitative estimate of drug-likeness (QED) is 0.527. The third kappa shape index (κ3) is 1.38. The number of hydrogen-bond donors (Lipinski definition) is 0. The predicted molar refractivity (Wildman–Crippen MR) is 76.0 cm³/mol. The fraction of sp³-hybridized carbons (Fsp3) is 0.143. The molecule has 0 saturated carbocycles. The first kappa shape index (κ1) is 11.1. The monoisotopic (exact) mass is 264 g/mol. The summed E-state index contributed by atoms with van der Waals surface area (Å²) in [7, 11) is 3.96. The molecule has 0 aliphatic carbocycles. The van der Waals surface area contributed by atoms with Crippen molar-refractivity contribution >= 4 is 22.1 Å². The minimum Gasteiger partial charge on any atom is -0.324 e. The van der Waals surface area contributed by atoms with Gasteiger partial charge in [0.1, 0.15) is 5.52 Å². The second-order valence-electron chi connectivity index (χ2n) is 4.72. The summed E-state index contributed by atoms with van der Waals surface area (Å²) in [6.07, 6.45) is 7.10. The van der Waals surface area contributed by atoms with Gasteiger partial charge in [0.2, 0.25) is 0 Å². The molecular formula is C14H12N6. The molecular weight excluding hydrogens is 252 g/mol. The molecule has 4 aromatic heterocycles. The Kier molecular flexibility index (Phi) is 2.14. The Morgan fingerprint density at radius 3 is 2.15 bits per heavy atom. The molecule has 0 N–H and O–H groups in total. The maximum Gasteiger partial charge on any atom is 0.177 e. The molecule has 0 unspecified atom stereocenters. The van der Waals surface area contributed by atoms with Crippen LogP contribution in [0.2, 0.25) is 0 Å². The first-order chi connectivity index (χ1) is 9.75.